The summed E-state index contributed by atoms with van der Waals surface area (Å²) in [6.45, 7) is 10.0. The summed E-state index contributed by atoms with van der Waals surface area (Å²) in [5, 5.41) is 7.04. The van der Waals surface area contributed by atoms with Gasteiger partial charge >= 0.3 is 0 Å². The van der Waals surface area contributed by atoms with Crippen molar-refractivity contribution in [2.45, 2.75) is 65.0 Å². The lowest BCUT2D eigenvalue weighted by atomic mass is 9.83. The van der Waals surface area contributed by atoms with Crippen LogP contribution in [0, 0.1) is 5.92 Å². The summed E-state index contributed by atoms with van der Waals surface area (Å²) >= 11 is 6.07. The van der Waals surface area contributed by atoms with E-state index < -0.39 is 6.29 Å². The number of halogens is 1. The molecule has 1 aliphatic heterocycles. The summed E-state index contributed by atoms with van der Waals surface area (Å²) < 4.78 is 0. The minimum absolute atomic E-state index is 0.00406. The van der Waals surface area contributed by atoms with Crippen LogP contribution in [0.2, 0.25) is 5.02 Å². The fraction of sp³-hybridized carbons (Fsp3) is 0.440. The smallest absolute Gasteiger partial charge is 0.251 e. The summed E-state index contributed by atoms with van der Waals surface area (Å²) in [6, 6.07) is 14.3. The molecule has 0 aliphatic carbocycles. The van der Waals surface area contributed by atoms with Gasteiger partial charge in [0.1, 0.15) is 6.29 Å². The molecule has 2 aromatic carbocycles. The van der Waals surface area contributed by atoms with Crippen molar-refractivity contribution >= 4 is 23.4 Å². The molecule has 6 nitrogen and oxygen atoms in total. The molecule has 0 saturated carbocycles. The predicted octanol–water partition coefficient (Wildman–Crippen LogP) is 4.37. The number of rotatable bonds is 6. The van der Waals surface area contributed by atoms with Crippen LogP contribution in [0.25, 0.3) is 0 Å². The number of benzene rings is 2. The molecule has 1 heterocycles. The van der Waals surface area contributed by atoms with Gasteiger partial charge in [0.15, 0.2) is 0 Å². The van der Waals surface area contributed by atoms with Crippen molar-refractivity contribution in [1.82, 2.24) is 15.5 Å². The molecule has 1 fully saturated rings. The number of hydrogen-bond acceptors (Lipinski definition) is 4. The Bertz CT molecular complexity index is 995. The highest BCUT2D eigenvalue weighted by atomic mass is 35.5. The van der Waals surface area contributed by atoms with Crippen molar-refractivity contribution in [3.8, 4) is 0 Å². The molecule has 7 heteroatoms. The van der Waals surface area contributed by atoms with Gasteiger partial charge < -0.3 is 10.2 Å². The molecular formula is C25H33ClN4O2. The van der Waals surface area contributed by atoms with Gasteiger partial charge in [0.25, 0.3) is 5.91 Å². The number of nitrogens with one attached hydrogen (secondary N) is 2. The summed E-state index contributed by atoms with van der Waals surface area (Å²) in [4.78, 5) is 27.6. The Balaban J connectivity index is 1.75. The topological polar surface area (TPSA) is 87.5 Å². The van der Waals surface area contributed by atoms with Crippen LogP contribution >= 0.6 is 11.6 Å². The molecule has 1 saturated heterocycles. The van der Waals surface area contributed by atoms with E-state index >= 15 is 0 Å². The molecule has 4 N–H and O–H groups in total. The third-order valence-electron chi connectivity index (χ3n) is 6.60. The maximum absolute atomic E-state index is 13.0. The van der Waals surface area contributed by atoms with Gasteiger partial charge in [-0.15, -0.1) is 0 Å². The van der Waals surface area contributed by atoms with E-state index in [4.69, 9.17) is 17.3 Å². The van der Waals surface area contributed by atoms with E-state index in [-0.39, 0.29) is 35.4 Å². The van der Waals surface area contributed by atoms with E-state index in [2.05, 4.69) is 24.5 Å². The highest BCUT2D eigenvalue weighted by molar-refractivity contribution is 6.30. The summed E-state index contributed by atoms with van der Waals surface area (Å²) in [6.07, 6.45) is -0.223. The molecule has 4 unspecified atom stereocenters. The van der Waals surface area contributed by atoms with Crippen molar-refractivity contribution in [3.63, 3.8) is 0 Å². The lowest BCUT2D eigenvalue weighted by Crippen LogP contribution is -2.69. The first-order valence-corrected chi connectivity index (χ1v) is 11.4. The van der Waals surface area contributed by atoms with E-state index in [9.17, 15) is 9.59 Å². The summed E-state index contributed by atoms with van der Waals surface area (Å²) in [5.41, 5.74) is 8.34. The lowest BCUT2D eigenvalue weighted by molar-refractivity contribution is -0.145. The Morgan fingerprint density at radius 2 is 1.81 bits per heavy atom. The van der Waals surface area contributed by atoms with Crippen molar-refractivity contribution in [1.29, 1.82) is 0 Å². The molecule has 4 atom stereocenters. The van der Waals surface area contributed by atoms with Crippen molar-refractivity contribution < 1.29 is 9.59 Å². The highest BCUT2D eigenvalue weighted by Gasteiger charge is 2.42. The number of nitrogens with two attached hydrogens (primary N) is 1. The SMILES string of the molecule is CC(NC(=O)c1cccc(C(C)N2C(=O)CC(C)(C(C)C)NC2N)c1)c1cccc(Cl)c1. The van der Waals surface area contributed by atoms with Gasteiger partial charge in [-0.25, -0.2) is 0 Å². The van der Waals surface area contributed by atoms with E-state index in [1.165, 1.54) is 0 Å². The predicted molar refractivity (Wildman–Crippen MR) is 128 cm³/mol. The Morgan fingerprint density at radius 1 is 1.16 bits per heavy atom. The fourth-order valence-corrected chi connectivity index (χ4v) is 4.28. The normalized spacial score (nSPS) is 23.2. The van der Waals surface area contributed by atoms with Crippen LogP contribution in [0.1, 0.15) is 74.6 Å². The first kappa shape index (κ1) is 24.2. The second-order valence-electron chi connectivity index (χ2n) is 9.19. The van der Waals surface area contributed by atoms with Crippen molar-refractivity contribution in [2.75, 3.05) is 0 Å². The molecular weight excluding hydrogens is 424 g/mol. The monoisotopic (exact) mass is 456 g/mol. The lowest BCUT2D eigenvalue weighted by Gasteiger charge is -2.48. The zero-order valence-electron chi connectivity index (χ0n) is 19.4. The standard InChI is InChI=1S/C25H33ClN4O2/c1-15(2)25(5)14-22(31)30(24(27)29-25)17(4)19-9-6-10-20(12-19)23(32)28-16(3)18-8-7-11-21(26)13-18/h6-13,15-17,24,29H,14,27H2,1-5H3,(H,28,32). The Hall–Kier alpha value is -2.41. The molecule has 0 bridgehead atoms. The van der Waals surface area contributed by atoms with Gasteiger partial charge in [0, 0.05) is 22.5 Å². The molecule has 0 radical (unpaired) electrons. The van der Waals surface area contributed by atoms with Gasteiger partial charge in [-0.3, -0.25) is 20.6 Å². The quantitative estimate of drug-likeness (QED) is 0.602. The average Bonchev–Trinajstić information content (AvgIpc) is 2.73. The van der Waals surface area contributed by atoms with Crippen LogP contribution in [-0.4, -0.2) is 28.5 Å². The minimum atomic E-state index is -0.598. The number of nitrogens with zero attached hydrogens (tertiary/aromatic N) is 1. The minimum Gasteiger partial charge on any atom is -0.346 e. The second-order valence-corrected chi connectivity index (χ2v) is 9.63. The summed E-state index contributed by atoms with van der Waals surface area (Å²) in [5.74, 6) is 0.0825. The van der Waals surface area contributed by atoms with Crippen molar-refractivity contribution in [2.24, 2.45) is 11.7 Å². The number of carbonyl (C=O) groups excluding carboxylic acids is 2. The van der Waals surface area contributed by atoms with Crippen LogP contribution in [0.15, 0.2) is 48.5 Å². The summed E-state index contributed by atoms with van der Waals surface area (Å²) in [7, 11) is 0. The zero-order chi connectivity index (χ0) is 23.6. The molecule has 172 valence electrons. The Morgan fingerprint density at radius 3 is 2.44 bits per heavy atom. The van der Waals surface area contributed by atoms with Crippen LogP contribution in [0.5, 0.6) is 0 Å². The Labute approximate surface area is 195 Å². The van der Waals surface area contributed by atoms with Gasteiger partial charge in [-0.1, -0.05) is 49.7 Å². The van der Waals surface area contributed by atoms with Crippen LogP contribution in [0.3, 0.4) is 0 Å². The number of carbonyl (C=O) groups is 2. The van der Waals surface area contributed by atoms with Crippen molar-refractivity contribution in [3.05, 3.63) is 70.2 Å². The molecule has 32 heavy (non-hydrogen) atoms. The molecule has 1 aliphatic rings. The maximum Gasteiger partial charge on any atom is 0.251 e. The number of amides is 2. The highest BCUT2D eigenvalue weighted by Crippen LogP contribution is 2.31. The van der Waals surface area contributed by atoms with E-state index in [1.807, 2.05) is 57.2 Å². The maximum atomic E-state index is 13.0. The third kappa shape index (κ3) is 5.14. The van der Waals surface area contributed by atoms with Crippen LogP contribution < -0.4 is 16.4 Å². The first-order chi connectivity index (χ1) is 15.0. The Kier molecular flexibility index (Phi) is 7.28. The average molecular weight is 457 g/mol. The van der Waals surface area contributed by atoms with Gasteiger partial charge in [-0.2, -0.15) is 0 Å². The molecule has 2 aromatic rings. The van der Waals surface area contributed by atoms with Gasteiger partial charge in [0.2, 0.25) is 5.91 Å². The van der Waals surface area contributed by atoms with E-state index in [1.54, 1.807) is 17.0 Å². The largest absolute Gasteiger partial charge is 0.346 e. The van der Waals surface area contributed by atoms with Gasteiger partial charge in [-0.05, 0) is 62.1 Å². The molecule has 3 rings (SSSR count). The molecule has 2 amide bonds. The zero-order valence-corrected chi connectivity index (χ0v) is 20.1. The second kappa shape index (κ2) is 9.61. The molecule has 0 spiro atoms. The number of hydrogen-bond donors (Lipinski definition) is 3. The van der Waals surface area contributed by atoms with Crippen LogP contribution in [0.4, 0.5) is 0 Å². The van der Waals surface area contributed by atoms with E-state index in [0.717, 1.165) is 11.1 Å². The van der Waals surface area contributed by atoms with Gasteiger partial charge in [0.05, 0.1) is 12.1 Å². The third-order valence-corrected chi connectivity index (χ3v) is 6.84. The fourth-order valence-electron chi connectivity index (χ4n) is 4.09. The first-order valence-electron chi connectivity index (χ1n) is 11.0. The molecule has 0 aromatic heterocycles. The van der Waals surface area contributed by atoms with Crippen LogP contribution in [-0.2, 0) is 4.79 Å². The van der Waals surface area contributed by atoms with E-state index in [0.29, 0.717) is 17.0 Å².